The largest absolute Gasteiger partial charge is 0.441 e. The number of fused-ring (bicyclic) bond motifs is 2. The Labute approximate surface area is 147 Å². The fourth-order valence-corrected chi connectivity index (χ4v) is 3.31. The second-order valence-electron chi connectivity index (χ2n) is 7.09. The van der Waals surface area contributed by atoms with Gasteiger partial charge in [0, 0.05) is 24.8 Å². The molecule has 1 atom stereocenters. The number of nitrogens with one attached hydrogen (secondary N) is 1. The van der Waals surface area contributed by atoms with Crippen molar-refractivity contribution in [2.45, 2.75) is 58.0 Å². The van der Waals surface area contributed by atoms with E-state index in [0.717, 1.165) is 67.4 Å². The van der Waals surface area contributed by atoms with E-state index < -0.39 is 0 Å². The Kier molecular flexibility index (Phi) is 4.53. The Bertz CT molecular complexity index is 817. The molecule has 1 aromatic carbocycles. The monoisotopic (exact) mass is 339 g/mol. The molecule has 0 saturated carbocycles. The predicted molar refractivity (Wildman–Crippen MR) is 96.6 cm³/mol. The average Bonchev–Trinajstić information content (AvgIpc) is 3.21. The smallest absolute Gasteiger partial charge is 0.195 e. The molecule has 3 aromatic rings. The van der Waals surface area contributed by atoms with Crippen LogP contribution in [-0.2, 0) is 19.4 Å². The van der Waals surface area contributed by atoms with E-state index in [9.17, 15) is 0 Å². The molecule has 0 saturated heterocycles. The van der Waals surface area contributed by atoms with Gasteiger partial charge in [0.1, 0.15) is 11.3 Å². The van der Waals surface area contributed by atoms with Gasteiger partial charge in [-0.2, -0.15) is 5.10 Å². The van der Waals surface area contributed by atoms with Crippen LogP contribution in [-0.4, -0.2) is 32.3 Å². The van der Waals surface area contributed by atoms with Crippen LogP contribution < -0.4 is 5.32 Å². The molecule has 0 aliphatic carbocycles. The third kappa shape index (κ3) is 3.58. The van der Waals surface area contributed by atoms with E-state index in [2.05, 4.69) is 38.9 Å². The van der Waals surface area contributed by atoms with Crippen molar-refractivity contribution in [3.05, 3.63) is 41.8 Å². The topological polar surface area (TPSA) is 68.8 Å². The molecular formula is C19H25N5O. The van der Waals surface area contributed by atoms with Crippen molar-refractivity contribution in [3.8, 4) is 0 Å². The van der Waals surface area contributed by atoms with Crippen LogP contribution in [0.2, 0.25) is 0 Å². The Hall–Kier alpha value is -2.21. The molecule has 6 nitrogen and oxygen atoms in total. The molecule has 0 spiro atoms. The van der Waals surface area contributed by atoms with E-state index in [1.165, 1.54) is 0 Å². The van der Waals surface area contributed by atoms with Gasteiger partial charge >= 0.3 is 0 Å². The minimum absolute atomic E-state index is 0.390. The fraction of sp³-hybridized carbons (Fsp3) is 0.526. The van der Waals surface area contributed by atoms with Crippen LogP contribution in [0.3, 0.4) is 0 Å². The number of para-hydroxylation sites is 2. The lowest BCUT2D eigenvalue weighted by Gasteiger charge is -2.23. The fourth-order valence-electron chi connectivity index (χ4n) is 3.31. The summed E-state index contributed by atoms with van der Waals surface area (Å²) < 4.78 is 7.85. The van der Waals surface area contributed by atoms with Gasteiger partial charge in [-0.25, -0.2) is 14.6 Å². The van der Waals surface area contributed by atoms with Crippen LogP contribution in [0.5, 0.6) is 0 Å². The summed E-state index contributed by atoms with van der Waals surface area (Å²) in [5, 5.41) is 8.29. The summed E-state index contributed by atoms with van der Waals surface area (Å²) in [5.74, 6) is 3.31. The molecule has 132 valence electrons. The van der Waals surface area contributed by atoms with Gasteiger partial charge < -0.3 is 9.73 Å². The Morgan fingerprint density at radius 1 is 1.28 bits per heavy atom. The van der Waals surface area contributed by atoms with Crippen molar-refractivity contribution < 1.29 is 4.42 Å². The zero-order valence-electron chi connectivity index (χ0n) is 14.9. The highest BCUT2D eigenvalue weighted by Crippen LogP contribution is 2.18. The molecule has 3 heterocycles. The number of oxazole rings is 1. The van der Waals surface area contributed by atoms with E-state index in [1.807, 2.05) is 24.3 Å². The summed E-state index contributed by atoms with van der Waals surface area (Å²) in [5.41, 5.74) is 1.81. The highest BCUT2D eigenvalue weighted by molar-refractivity contribution is 5.72. The summed E-state index contributed by atoms with van der Waals surface area (Å²) in [6.45, 7) is 6.16. The Morgan fingerprint density at radius 3 is 3.00 bits per heavy atom. The highest BCUT2D eigenvalue weighted by atomic mass is 16.3. The first-order valence-corrected chi connectivity index (χ1v) is 9.20. The van der Waals surface area contributed by atoms with Crippen LogP contribution in [0.25, 0.3) is 11.1 Å². The Morgan fingerprint density at radius 2 is 2.16 bits per heavy atom. The van der Waals surface area contributed by atoms with E-state index in [-0.39, 0.29) is 0 Å². The number of hydrogen-bond acceptors (Lipinski definition) is 5. The summed E-state index contributed by atoms with van der Waals surface area (Å²) in [6.07, 6.45) is 4.01. The van der Waals surface area contributed by atoms with Crippen LogP contribution in [0.15, 0.2) is 28.7 Å². The second-order valence-corrected chi connectivity index (χ2v) is 7.09. The predicted octanol–water partition coefficient (Wildman–Crippen LogP) is 3.08. The molecule has 25 heavy (non-hydrogen) atoms. The lowest BCUT2D eigenvalue weighted by Crippen LogP contribution is -2.38. The van der Waals surface area contributed by atoms with Gasteiger partial charge in [-0.05, 0) is 31.5 Å². The third-order valence-corrected chi connectivity index (χ3v) is 4.73. The van der Waals surface area contributed by atoms with Crippen molar-refractivity contribution in [3.63, 3.8) is 0 Å². The molecular weight excluding hydrogens is 314 g/mol. The van der Waals surface area contributed by atoms with Gasteiger partial charge in [-0.3, -0.25) is 0 Å². The van der Waals surface area contributed by atoms with Gasteiger partial charge in [0.25, 0.3) is 0 Å². The molecule has 0 fully saturated rings. The summed E-state index contributed by atoms with van der Waals surface area (Å²) >= 11 is 0. The molecule has 1 aliphatic heterocycles. The SMILES string of the molecule is CC(C)c1nc2n(n1)CC(NCCCc1nc3ccccc3o1)CC2. The molecule has 0 bridgehead atoms. The van der Waals surface area contributed by atoms with Crippen LogP contribution >= 0.6 is 0 Å². The number of benzene rings is 1. The van der Waals surface area contributed by atoms with Crippen LogP contribution in [0.4, 0.5) is 0 Å². The molecule has 1 unspecified atom stereocenters. The van der Waals surface area contributed by atoms with E-state index in [1.54, 1.807) is 0 Å². The second kappa shape index (κ2) is 6.96. The summed E-state index contributed by atoms with van der Waals surface area (Å²) in [4.78, 5) is 9.17. The molecule has 1 N–H and O–H groups in total. The number of aromatic nitrogens is 4. The summed E-state index contributed by atoms with van der Waals surface area (Å²) in [7, 11) is 0. The number of rotatable bonds is 6. The van der Waals surface area contributed by atoms with Crippen molar-refractivity contribution in [2.24, 2.45) is 0 Å². The highest BCUT2D eigenvalue weighted by Gasteiger charge is 2.21. The van der Waals surface area contributed by atoms with E-state index >= 15 is 0 Å². The molecule has 6 heteroatoms. The first-order valence-electron chi connectivity index (χ1n) is 9.20. The minimum atomic E-state index is 0.390. The van der Waals surface area contributed by atoms with Crippen molar-refractivity contribution >= 4 is 11.1 Å². The first-order chi connectivity index (χ1) is 12.2. The normalized spacial score (nSPS) is 17.3. The zero-order valence-corrected chi connectivity index (χ0v) is 14.9. The van der Waals surface area contributed by atoms with Crippen LogP contribution in [0, 0.1) is 0 Å². The van der Waals surface area contributed by atoms with Gasteiger partial charge in [-0.1, -0.05) is 26.0 Å². The standard InChI is InChI=1S/C19H25N5O/c1-13(2)19-22-17-10-9-14(12-24(17)23-19)20-11-5-8-18-21-15-6-3-4-7-16(15)25-18/h3-4,6-7,13-14,20H,5,8-12H2,1-2H3. The maximum atomic E-state index is 5.77. The molecule has 0 amide bonds. The number of aryl methyl sites for hydroxylation is 2. The van der Waals surface area contributed by atoms with Crippen molar-refractivity contribution in [1.82, 2.24) is 25.1 Å². The average molecular weight is 339 g/mol. The van der Waals surface area contributed by atoms with E-state index in [4.69, 9.17) is 4.42 Å². The van der Waals surface area contributed by atoms with Gasteiger partial charge in [0.2, 0.25) is 0 Å². The quantitative estimate of drug-likeness (QED) is 0.699. The minimum Gasteiger partial charge on any atom is -0.441 e. The zero-order chi connectivity index (χ0) is 17.2. The maximum Gasteiger partial charge on any atom is 0.195 e. The molecule has 0 radical (unpaired) electrons. The van der Waals surface area contributed by atoms with Gasteiger partial charge in [0.15, 0.2) is 17.3 Å². The lowest BCUT2D eigenvalue weighted by atomic mass is 10.1. The van der Waals surface area contributed by atoms with E-state index in [0.29, 0.717) is 12.0 Å². The third-order valence-electron chi connectivity index (χ3n) is 4.73. The van der Waals surface area contributed by atoms with Gasteiger partial charge in [0.05, 0.1) is 6.54 Å². The molecule has 1 aliphatic rings. The van der Waals surface area contributed by atoms with Crippen molar-refractivity contribution in [2.75, 3.05) is 6.54 Å². The molecule has 4 rings (SSSR count). The number of hydrogen-bond donors (Lipinski definition) is 1. The maximum absolute atomic E-state index is 5.77. The van der Waals surface area contributed by atoms with Crippen molar-refractivity contribution in [1.29, 1.82) is 0 Å². The first kappa shape index (κ1) is 16.3. The van der Waals surface area contributed by atoms with Crippen LogP contribution in [0.1, 0.15) is 50.1 Å². The lowest BCUT2D eigenvalue weighted by molar-refractivity contribution is 0.355. The molecule has 2 aromatic heterocycles. The Balaban J connectivity index is 1.26. The number of nitrogens with zero attached hydrogens (tertiary/aromatic N) is 4. The summed E-state index contributed by atoms with van der Waals surface area (Å²) in [6, 6.07) is 8.39. The van der Waals surface area contributed by atoms with Gasteiger partial charge in [-0.15, -0.1) is 0 Å².